The fourth-order valence-electron chi connectivity index (χ4n) is 7.31. The molecular formula is C36H36ClFO2. The summed E-state index contributed by atoms with van der Waals surface area (Å²) in [6.07, 6.45) is 9.08. The van der Waals surface area contributed by atoms with Crippen LogP contribution in [0.15, 0.2) is 97.1 Å². The summed E-state index contributed by atoms with van der Waals surface area (Å²) in [5.41, 5.74) is 3.82. The van der Waals surface area contributed by atoms with E-state index in [0.29, 0.717) is 0 Å². The predicted octanol–water partition coefficient (Wildman–Crippen LogP) is 9.74. The lowest BCUT2D eigenvalue weighted by Gasteiger charge is -2.42. The molecule has 0 heterocycles. The Bertz CT molecular complexity index is 1430. The van der Waals surface area contributed by atoms with Crippen LogP contribution in [0.5, 0.6) is 11.5 Å². The number of rotatable bonds is 6. The first-order valence-corrected chi connectivity index (χ1v) is 14.9. The lowest BCUT2D eigenvalue weighted by atomic mass is 9.64. The number of phenols is 1. The fourth-order valence-corrected chi connectivity index (χ4v) is 7.63. The van der Waals surface area contributed by atoms with Gasteiger partial charge in [-0.05, 0) is 97.2 Å². The molecule has 0 amide bonds. The second kappa shape index (κ2) is 11.3. The van der Waals surface area contributed by atoms with Crippen LogP contribution in [0.3, 0.4) is 0 Å². The summed E-state index contributed by atoms with van der Waals surface area (Å²) in [7, 11) is 0. The minimum atomic E-state index is -0.272. The van der Waals surface area contributed by atoms with Crippen molar-refractivity contribution >= 4 is 11.6 Å². The summed E-state index contributed by atoms with van der Waals surface area (Å²) in [6, 6.07) is 31.4. The van der Waals surface area contributed by atoms with E-state index >= 15 is 4.39 Å². The summed E-state index contributed by atoms with van der Waals surface area (Å²) >= 11 is 6.73. The molecule has 0 bridgehead atoms. The third-order valence-electron chi connectivity index (χ3n) is 9.40. The molecule has 2 aliphatic rings. The van der Waals surface area contributed by atoms with Gasteiger partial charge in [-0.2, -0.15) is 0 Å². The van der Waals surface area contributed by atoms with Crippen molar-refractivity contribution in [2.24, 2.45) is 0 Å². The van der Waals surface area contributed by atoms with Crippen LogP contribution in [0.25, 0.3) is 0 Å². The molecule has 206 valence electrons. The van der Waals surface area contributed by atoms with Gasteiger partial charge in [0.05, 0.1) is 6.10 Å². The van der Waals surface area contributed by atoms with E-state index in [-0.39, 0.29) is 28.5 Å². The summed E-state index contributed by atoms with van der Waals surface area (Å²) in [4.78, 5) is 0. The van der Waals surface area contributed by atoms with Crippen molar-refractivity contribution in [3.63, 3.8) is 0 Å². The van der Waals surface area contributed by atoms with Crippen LogP contribution in [0, 0.1) is 5.82 Å². The maximum absolute atomic E-state index is 15.0. The highest BCUT2D eigenvalue weighted by molar-refractivity contribution is 6.31. The van der Waals surface area contributed by atoms with E-state index in [2.05, 4.69) is 30.3 Å². The Balaban J connectivity index is 1.21. The number of hydrogen-bond acceptors (Lipinski definition) is 2. The highest BCUT2D eigenvalue weighted by Gasteiger charge is 2.41. The van der Waals surface area contributed by atoms with Gasteiger partial charge in [-0.1, -0.05) is 91.5 Å². The van der Waals surface area contributed by atoms with Gasteiger partial charge in [0.1, 0.15) is 17.3 Å². The third kappa shape index (κ3) is 5.01. The fraction of sp³-hybridized carbons (Fsp3) is 0.333. The van der Waals surface area contributed by atoms with Gasteiger partial charge >= 0.3 is 0 Å². The van der Waals surface area contributed by atoms with Gasteiger partial charge in [-0.3, -0.25) is 0 Å². The number of hydrogen-bond donors (Lipinski definition) is 1. The van der Waals surface area contributed by atoms with E-state index in [9.17, 15) is 5.11 Å². The molecule has 4 heteroatoms. The van der Waals surface area contributed by atoms with Crippen LogP contribution in [0.2, 0.25) is 5.02 Å². The molecule has 1 N–H and O–H groups in total. The van der Waals surface area contributed by atoms with Gasteiger partial charge in [0.2, 0.25) is 0 Å². The Kier molecular flexibility index (Phi) is 7.59. The van der Waals surface area contributed by atoms with Crippen LogP contribution in [-0.2, 0) is 10.8 Å². The normalized spacial score (nSPS) is 22.5. The number of benzene rings is 4. The molecule has 2 fully saturated rings. The molecule has 0 unspecified atom stereocenters. The Morgan fingerprint density at radius 3 is 1.82 bits per heavy atom. The highest BCUT2D eigenvalue weighted by atomic mass is 35.5. The lowest BCUT2D eigenvalue weighted by Crippen LogP contribution is -2.37. The van der Waals surface area contributed by atoms with Gasteiger partial charge in [0, 0.05) is 15.9 Å². The number of phenolic OH excluding ortho intramolecular Hbond substituents is 1. The zero-order valence-corrected chi connectivity index (χ0v) is 23.5. The van der Waals surface area contributed by atoms with Gasteiger partial charge in [0.15, 0.2) is 0 Å². The molecule has 2 nitrogen and oxygen atoms in total. The SMILES string of the molecule is Oc1ccc(C2(c3ccccc3Cl)CCC(Oc3ccc(C4(c5ccccc5F)CCCCC4)cc3)CC2)cc1. The molecule has 4 aromatic rings. The monoisotopic (exact) mass is 554 g/mol. The minimum Gasteiger partial charge on any atom is -0.508 e. The minimum absolute atomic E-state index is 0.105. The van der Waals surface area contributed by atoms with Gasteiger partial charge < -0.3 is 9.84 Å². The van der Waals surface area contributed by atoms with E-state index in [0.717, 1.165) is 73.3 Å². The maximum atomic E-state index is 15.0. The van der Waals surface area contributed by atoms with E-state index in [1.165, 1.54) is 17.5 Å². The zero-order valence-electron chi connectivity index (χ0n) is 22.8. The second-order valence-corrected chi connectivity index (χ2v) is 12.0. The van der Waals surface area contributed by atoms with Crippen molar-refractivity contribution in [1.29, 1.82) is 0 Å². The molecule has 4 aromatic carbocycles. The molecule has 2 saturated carbocycles. The number of halogens is 2. The summed E-state index contributed by atoms with van der Waals surface area (Å²) in [5.74, 6) is 1.02. The highest BCUT2D eigenvalue weighted by Crippen LogP contribution is 2.49. The Morgan fingerprint density at radius 1 is 0.650 bits per heavy atom. The van der Waals surface area contributed by atoms with Gasteiger partial charge in [0.25, 0.3) is 0 Å². The number of aromatic hydroxyl groups is 1. The lowest BCUT2D eigenvalue weighted by molar-refractivity contribution is 0.128. The van der Waals surface area contributed by atoms with Crippen molar-refractivity contribution in [1.82, 2.24) is 0 Å². The van der Waals surface area contributed by atoms with E-state index in [1.54, 1.807) is 24.3 Å². The van der Waals surface area contributed by atoms with Crippen molar-refractivity contribution in [3.8, 4) is 11.5 Å². The average molecular weight is 555 g/mol. The molecule has 0 aliphatic heterocycles. The van der Waals surface area contributed by atoms with Gasteiger partial charge in [-0.25, -0.2) is 4.39 Å². The zero-order chi connectivity index (χ0) is 27.6. The standard InChI is InChI=1S/C36H36ClFO2/c37-33-10-4-2-8-31(33)36(26-12-16-28(39)17-13-26)24-20-30(21-25-36)40-29-18-14-27(15-19-29)35(22-6-1-7-23-35)32-9-3-5-11-34(32)38/h2-5,8-19,30,39H,1,6-7,20-25H2. The average Bonchev–Trinajstić information content (AvgIpc) is 2.99. The van der Waals surface area contributed by atoms with Crippen LogP contribution >= 0.6 is 11.6 Å². The van der Waals surface area contributed by atoms with E-state index in [1.807, 2.05) is 42.5 Å². The molecule has 0 spiro atoms. The Morgan fingerprint density at radius 2 is 1.20 bits per heavy atom. The third-order valence-corrected chi connectivity index (χ3v) is 9.73. The summed E-state index contributed by atoms with van der Waals surface area (Å²) in [5, 5.41) is 10.7. The quantitative estimate of drug-likeness (QED) is 0.257. The Hall–Kier alpha value is -3.30. The van der Waals surface area contributed by atoms with Crippen molar-refractivity contribution < 1.29 is 14.2 Å². The van der Waals surface area contributed by atoms with Crippen LogP contribution in [-0.4, -0.2) is 11.2 Å². The molecule has 40 heavy (non-hydrogen) atoms. The molecule has 0 radical (unpaired) electrons. The summed E-state index contributed by atoms with van der Waals surface area (Å²) < 4.78 is 21.5. The largest absolute Gasteiger partial charge is 0.508 e. The predicted molar refractivity (Wildman–Crippen MR) is 160 cm³/mol. The molecule has 0 atom stereocenters. The molecule has 2 aliphatic carbocycles. The molecular weight excluding hydrogens is 519 g/mol. The van der Waals surface area contributed by atoms with E-state index < -0.39 is 0 Å². The maximum Gasteiger partial charge on any atom is 0.127 e. The first-order valence-electron chi connectivity index (χ1n) is 14.6. The van der Waals surface area contributed by atoms with Crippen molar-refractivity contribution in [2.75, 3.05) is 0 Å². The molecule has 0 aromatic heterocycles. The van der Waals surface area contributed by atoms with Crippen LogP contribution in [0.4, 0.5) is 4.39 Å². The number of ether oxygens (including phenoxy) is 1. The summed E-state index contributed by atoms with van der Waals surface area (Å²) in [6.45, 7) is 0. The Labute approximate surface area is 241 Å². The van der Waals surface area contributed by atoms with Crippen LogP contribution < -0.4 is 4.74 Å². The second-order valence-electron chi connectivity index (χ2n) is 11.6. The van der Waals surface area contributed by atoms with Crippen molar-refractivity contribution in [2.45, 2.75) is 74.7 Å². The first-order chi connectivity index (χ1) is 19.5. The van der Waals surface area contributed by atoms with Gasteiger partial charge in [-0.15, -0.1) is 0 Å². The molecule has 6 rings (SSSR count). The topological polar surface area (TPSA) is 29.5 Å². The first kappa shape index (κ1) is 26.9. The smallest absolute Gasteiger partial charge is 0.127 e. The van der Waals surface area contributed by atoms with Crippen molar-refractivity contribution in [3.05, 3.63) is 130 Å². The van der Waals surface area contributed by atoms with E-state index in [4.69, 9.17) is 16.3 Å². The molecule has 0 saturated heterocycles. The van der Waals surface area contributed by atoms with Crippen LogP contribution in [0.1, 0.15) is 80.0 Å².